The van der Waals surface area contributed by atoms with E-state index in [9.17, 15) is 13.2 Å². The van der Waals surface area contributed by atoms with E-state index < -0.39 is 22.5 Å². The number of hydrogen-bond acceptors (Lipinski definition) is 4. The Morgan fingerprint density at radius 3 is 2.52 bits per heavy atom. The quantitative estimate of drug-likeness (QED) is 0.716. The van der Waals surface area contributed by atoms with E-state index in [0.717, 1.165) is 15.5 Å². The van der Waals surface area contributed by atoms with Gasteiger partial charge in [-0.05, 0) is 42.7 Å². The van der Waals surface area contributed by atoms with Gasteiger partial charge >= 0.3 is 0 Å². The number of sulfonamides is 1. The first kappa shape index (κ1) is 19.9. The predicted octanol–water partition coefficient (Wildman–Crippen LogP) is 4.12. The zero-order valence-electron chi connectivity index (χ0n) is 13.5. The molecular formula is C16H16Cl2N2O3S2. The number of nitrogens with one attached hydrogen (secondary N) is 1. The van der Waals surface area contributed by atoms with Crippen LogP contribution in [0.2, 0.25) is 10.0 Å². The number of halogens is 2. The lowest BCUT2D eigenvalue weighted by Crippen LogP contribution is -2.37. The molecule has 0 saturated carbocycles. The first-order chi connectivity index (χ1) is 11.7. The minimum absolute atomic E-state index is 0.148. The van der Waals surface area contributed by atoms with Gasteiger partial charge in [-0.3, -0.25) is 9.10 Å². The van der Waals surface area contributed by atoms with Crippen molar-refractivity contribution in [3.63, 3.8) is 0 Å². The van der Waals surface area contributed by atoms with E-state index in [4.69, 9.17) is 23.2 Å². The molecule has 0 radical (unpaired) electrons. The third kappa shape index (κ3) is 5.54. The van der Waals surface area contributed by atoms with Gasteiger partial charge in [-0.2, -0.15) is 0 Å². The highest BCUT2D eigenvalue weighted by Crippen LogP contribution is 2.30. The number of carbonyl (C=O) groups is 1. The molecule has 1 N–H and O–H groups in total. The molecule has 1 amide bonds. The lowest BCUT2D eigenvalue weighted by atomic mass is 10.3. The molecule has 5 nitrogen and oxygen atoms in total. The maximum atomic E-state index is 12.3. The van der Waals surface area contributed by atoms with Gasteiger partial charge in [0.15, 0.2) is 0 Å². The number of hydrogen-bond donors (Lipinski definition) is 1. The lowest BCUT2D eigenvalue weighted by molar-refractivity contribution is -0.114. The molecule has 2 aromatic carbocycles. The van der Waals surface area contributed by atoms with Crippen molar-refractivity contribution in [2.45, 2.75) is 4.90 Å². The molecule has 0 spiro atoms. The maximum Gasteiger partial charge on any atom is 0.245 e. The summed E-state index contributed by atoms with van der Waals surface area (Å²) in [4.78, 5) is 13.3. The fourth-order valence-corrected chi connectivity index (χ4v) is 3.98. The van der Waals surface area contributed by atoms with E-state index >= 15 is 0 Å². The molecule has 0 atom stereocenters. The van der Waals surface area contributed by atoms with Gasteiger partial charge in [0.05, 0.1) is 17.0 Å². The summed E-state index contributed by atoms with van der Waals surface area (Å²) < 4.78 is 25.2. The van der Waals surface area contributed by atoms with Crippen LogP contribution in [0.5, 0.6) is 0 Å². The predicted molar refractivity (Wildman–Crippen MR) is 106 cm³/mol. The molecule has 0 saturated heterocycles. The summed E-state index contributed by atoms with van der Waals surface area (Å²) in [5, 5.41) is 3.22. The van der Waals surface area contributed by atoms with E-state index in [1.54, 1.807) is 17.8 Å². The van der Waals surface area contributed by atoms with Crippen LogP contribution in [0.3, 0.4) is 0 Å². The molecule has 0 unspecified atom stereocenters. The van der Waals surface area contributed by atoms with Crippen LogP contribution in [-0.2, 0) is 14.8 Å². The summed E-state index contributed by atoms with van der Waals surface area (Å²) in [7, 11) is -3.71. The Morgan fingerprint density at radius 1 is 1.20 bits per heavy atom. The minimum atomic E-state index is -3.71. The van der Waals surface area contributed by atoms with Gasteiger partial charge in [-0.25, -0.2) is 8.42 Å². The Bertz CT molecular complexity index is 889. The summed E-state index contributed by atoms with van der Waals surface area (Å²) >= 11 is 13.5. The van der Waals surface area contributed by atoms with Gasteiger partial charge in [0.25, 0.3) is 0 Å². The van der Waals surface area contributed by atoms with Crippen molar-refractivity contribution in [1.29, 1.82) is 0 Å². The van der Waals surface area contributed by atoms with Crippen LogP contribution in [0.15, 0.2) is 47.4 Å². The highest BCUT2D eigenvalue weighted by atomic mass is 35.5. The largest absolute Gasteiger partial charge is 0.324 e. The van der Waals surface area contributed by atoms with E-state index in [2.05, 4.69) is 5.32 Å². The molecule has 2 aromatic rings. The molecule has 134 valence electrons. The van der Waals surface area contributed by atoms with Gasteiger partial charge < -0.3 is 5.32 Å². The summed E-state index contributed by atoms with van der Waals surface area (Å²) in [6, 6.07) is 11.7. The van der Waals surface area contributed by atoms with Crippen molar-refractivity contribution >= 4 is 62.3 Å². The summed E-state index contributed by atoms with van der Waals surface area (Å²) in [6.45, 7) is -0.399. The second-order valence-electron chi connectivity index (χ2n) is 5.15. The van der Waals surface area contributed by atoms with Crippen LogP contribution in [0.25, 0.3) is 0 Å². The van der Waals surface area contributed by atoms with Crippen molar-refractivity contribution in [3.8, 4) is 0 Å². The third-order valence-electron chi connectivity index (χ3n) is 3.22. The second-order valence-corrected chi connectivity index (χ2v) is 8.78. The van der Waals surface area contributed by atoms with Crippen molar-refractivity contribution in [2.24, 2.45) is 0 Å². The molecule has 0 fully saturated rings. The van der Waals surface area contributed by atoms with Crippen molar-refractivity contribution in [3.05, 3.63) is 52.5 Å². The van der Waals surface area contributed by atoms with Gasteiger partial charge in [0, 0.05) is 15.6 Å². The van der Waals surface area contributed by atoms with E-state index in [-0.39, 0.29) is 10.7 Å². The maximum absolute atomic E-state index is 12.3. The Kier molecular flexibility index (Phi) is 6.62. The van der Waals surface area contributed by atoms with E-state index in [1.807, 2.05) is 24.5 Å². The molecule has 2 rings (SSSR count). The number of nitrogens with zero attached hydrogens (tertiary/aromatic N) is 1. The molecular weight excluding hydrogens is 403 g/mol. The Hall–Kier alpha value is -1.41. The van der Waals surface area contributed by atoms with Crippen LogP contribution < -0.4 is 9.62 Å². The molecule has 0 aliphatic carbocycles. The topological polar surface area (TPSA) is 66.5 Å². The lowest BCUT2D eigenvalue weighted by Gasteiger charge is -2.23. The first-order valence-electron chi connectivity index (χ1n) is 7.07. The average molecular weight is 419 g/mol. The number of amides is 1. The smallest absolute Gasteiger partial charge is 0.245 e. The SMILES string of the molecule is CSc1cccc(NC(=O)CN(c2ccc(Cl)cc2Cl)S(C)(=O)=O)c1. The minimum Gasteiger partial charge on any atom is -0.324 e. The monoisotopic (exact) mass is 418 g/mol. The number of carbonyl (C=O) groups excluding carboxylic acids is 1. The number of thioether (sulfide) groups is 1. The van der Waals surface area contributed by atoms with E-state index in [1.165, 1.54) is 18.2 Å². The summed E-state index contributed by atoms with van der Waals surface area (Å²) in [5.41, 5.74) is 0.786. The third-order valence-corrected chi connectivity index (χ3v) is 5.61. The standard InChI is InChI=1S/C16H16Cl2N2O3S2/c1-24-13-5-3-4-12(9-13)19-16(21)10-20(25(2,22)23)15-7-6-11(17)8-14(15)18/h3-9H,10H2,1-2H3,(H,19,21). The zero-order chi connectivity index (χ0) is 18.6. The average Bonchev–Trinajstić information content (AvgIpc) is 2.52. The van der Waals surface area contributed by atoms with Gasteiger partial charge in [0.2, 0.25) is 15.9 Å². The van der Waals surface area contributed by atoms with E-state index in [0.29, 0.717) is 10.7 Å². The van der Waals surface area contributed by atoms with Gasteiger partial charge in [-0.1, -0.05) is 29.3 Å². The van der Waals surface area contributed by atoms with Crippen molar-refractivity contribution < 1.29 is 13.2 Å². The van der Waals surface area contributed by atoms with Crippen LogP contribution >= 0.6 is 35.0 Å². The number of benzene rings is 2. The fourth-order valence-electron chi connectivity index (χ4n) is 2.10. The van der Waals surface area contributed by atoms with Gasteiger partial charge in [-0.15, -0.1) is 11.8 Å². The van der Waals surface area contributed by atoms with Crippen LogP contribution in [0, 0.1) is 0 Å². The van der Waals surface area contributed by atoms with Crippen molar-refractivity contribution in [2.75, 3.05) is 28.7 Å². The van der Waals surface area contributed by atoms with Crippen LogP contribution in [-0.4, -0.2) is 33.4 Å². The summed E-state index contributed by atoms with van der Waals surface area (Å²) in [6.07, 6.45) is 2.94. The highest BCUT2D eigenvalue weighted by Gasteiger charge is 2.23. The van der Waals surface area contributed by atoms with Crippen LogP contribution in [0.1, 0.15) is 0 Å². The normalized spacial score (nSPS) is 11.2. The molecule has 0 aromatic heterocycles. The zero-order valence-corrected chi connectivity index (χ0v) is 16.6. The van der Waals surface area contributed by atoms with Crippen molar-refractivity contribution in [1.82, 2.24) is 0 Å². The molecule has 0 aliphatic rings. The van der Waals surface area contributed by atoms with Gasteiger partial charge in [0.1, 0.15) is 6.54 Å². The molecule has 9 heteroatoms. The molecule has 0 aliphatic heterocycles. The highest BCUT2D eigenvalue weighted by molar-refractivity contribution is 7.98. The molecule has 0 bridgehead atoms. The second kappa shape index (κ2) is 8.31. The number of rotatable bonds is 6. The Morgan fingerprint density at radius 2 is 1.92 bits per heavy atom. The number of anilines is 2. The summed E-state index contributed by atoms with van der Waals surface area (Å²) in [5.74, 6) is -0.477. The molecule has 0 heterocycles. The Labute approximate surface area is 161 Å². The fraction of sp³-hybridized carbons (Fsp3) is 0.188. The first-order valence-corrected chi connectivity index (χ1v) is 10.9. The Balaban J connectivity index is 2.24. The molecule has 25 heavy (non-hydrogen) atoms. The van der Waals surface area contributed by atoms with Crippen LogP contribution in [0.4, 0.5) is 11.4 Å².